The molecule has 3 rings (SSSR count). The Bertz CT molecular complexity index is 491. The second-order valence-corrected chi connectivity index (χ2v) is 6.45. The lowest BCUT2D eigenvalue weighted by Gasteiger charge is -2.32. The first kappa shape index (κ1) is 15.3. The van der Waals surface area contributed by atoms with Crippen molar-refractivity contribution in [3.63, 3.8) is 0 Å². The van der Waals surface area contributed by atoms with Gasteiger partial charge in [0.05, 0.1) is 6.10 Å². The van der Waals surface area contributed by atoms with Crippen LogP contribution in [0.2, 0.25) is 0 Å². The van der Waals surface area contributed by atoms with Gasteiger partial charge in [0.15, 0.2) is 0 Å². The van der Waals surface area contributed by atoms with Crippen LogP contribution in [0.25, 0.3) is 0 Å². The van der Waals surface area contributed by atoms with E-state index in [1.165, 1.54) is 18.4 Å². The Labute approximate surface area is 132 Å². The Morgan fingerprint density at radius 1 is 1.27 bits per heavy atom. The van der Waals surface area contributed by atoms with Crippen LogP contribution in [0.1, 0.15) is 38.2 Å². The largest absolute Gasteiger partial charge is 0.378 e. The number of urea groups is 1. The van der Waals surface area contributed by atoms with Crippen molar-refractivity contribution in [2.24, 2.45) is 0 Å². The van der Waals surface area contributed by atoms with Crippen molar-refractivity contribution in [1.29, 1.82) is 0 Å². The maximum atomic E-state index is 12.3. The van der Waals surface area contributed by atoms with Gasteiger partial charge in [0, 0.05) is 31.7 Å². The third-order valence-electron chi connectivity index (χ3n) is 4.95. The quantitative estimate of drug-likeness (QED) is 0.908. The summed E-state index contributed by atoms with van der Waals surface area (Å²) in [5, 5.41) is 3.15. The van der Waals surface area contributed by atoms with E-state index in [-0.39, 0.29) is 11.4 Å². The van der Waals surface area contributed by atoms with E-state index in [0.29, 0.717) is 6.10 Å². The van der Waals surface area contributed by atoms with Crippen LogP contribution in [0.5, 0.6) is 0 Å². The molecule has 22 heavy (non-hydrogen) atoms. The summed E-state index contributed by atoms with van der Waals surface area (Å²) >= 11 is 0. The fourth-order valence-electron chi connectivity index (χ4n) is 3.33. The molecule has 120 valence electrons. The van der Waals surface area contributed by atoms with E-state index in [2.05, 4.69) is 29.6 Å². The van der Waals surface area contributed by atoms with Crippen LogP contribution in [0, 0.1) is 0 Å². The molecule has 1 aromatic carbocycles. The van der Waals surface area contributed by atoms with Crippen LogP contribution in [-0.2, 0) is 10.2 Å². The highest BCUT2D eigenvalue weighted by Crippen LogP contribution is 2.47. The molecule has 0 atom stereocenters. The fourth-order valence-corrected chi connectivity index (χ4v) is 3.33. The van der Waals surface area contributed by atoms with Crippen molar-refractivity contribution in [1.82, 2.24) is 10.2 Å². The van der Waals surface area contributed by atoms with E-state index in [9.17, 15) is 4.79 Å². The summed E-state index contributed by atoms with van der Waals surface area (Å²) < 4.78 is 5.63. The maximum absolute atomic E-state index is 12.3. The zero-order chi connectivity index (χ0) is 15.4. The monoisotopic (exact) mass is 302 g/mol. The van der Waals surface area contributed by atoms with E-state index in [4.69, 9.17) is 4.74 Å². The fraction of sp³-hybridized carbons (Fsp3) is 0.611. The Kier molecular flexibility index (Phi) is 4.67. The minimum atomic E-state index is 0.0807. The van der Waals surface area contributed by atoms with E-state index >= 15 is 0 Å². The van der Waals surface area contributed by atoms with Gasteiger partial charge in [0.2, 0.25) is 0 Å². The molecule has 4 nitrogen and oxygen atoms in total. The van der Waals surface area contributed by atoms with Crippen molar-refractivity contribution in [3.05, 3.63) is 35.9 Å². The second kappa shape index (κ2) is 6.69. The van der Waals surface area contributed by atoms with Crippen LogP contribution >= 0.6 is 0 Å². The highest BCUT2D eigenvalue weighted by atomic mass is 16.5. The molecule has 2 amide bonds. The Morgan fingerprint density at radius 2 is 1.95 bits per heavy atom. The number of benzene rings is 1. The third kappa shape index (κ3) is 3.43. The van der Waals surface area contributed by atoms with Crippen molar-refractivity contribution in [2.45, 2.75) is 44.1 Å². The Morgan fingerprint density at radius 3 is 2.55 bits per heavy atom. The molecule has 0 bridgehead atoms. The number of hydrogen-bond acceptors (Lipinski definition) is 2. The first-order chi connectivity index (χ1) is 10.7. The molecule has 1 heterocycles. The normalized spacial score (nSPS) is 20.7. The van der Waals surface area contributed by atoms with E-state index in [1.807, 2.05) is 17.9 Å². The summed E-state index contributed by atoms with van der Waals surface area (Å²) in [6, 6.07) is 10.6. The number of carbonyl (C=O) groups is 1. The molecule has 1 aliphatic carbocycles. The van der Waals surface area contributed by atoms with Gasteiger partial charge in [-0.25, -0.2) is 4.79 Å². The number of amides is 2. The molecule has 0 unspecified atom stereocenters. The first-order valence-corrected chi connectivity index (χ1v) is 8.43. The molecule has 0 aromatic heterocycles. The lowest BCUT2D eigenvalue weighted by atomic mass is 9.96. The van der Waals surface area contributed by atoms with Gasteiger partial charge in [-0.3, -0.25) is 0 Å². The molecule has 1 saturated heterocycles. The van der Waals surface area contributed by atoms with Gasteiger partial charge in [-0.05, 0) is 38.2 Å². The zero-order valence-corrected chi connectivity index (χ0v) is 13.4. The second-order valence-electron chi connectivity index (χ2n) is 6.45. The molecule has 1 aromatic rings. The highest BCUT2D eigenvalue weighted by Gasteiger charge is 2.44. The summed E-state index contributed by atoms with van der Waals surface area (Å²) in [6.45, 7) is 5.14. The predicted molar refractivity (Wildman–Crippen MR) is 87.0 cm³/mol. The van der Waals surface area contributed by atoms with Crippen LogP contribution in [-0.4, -0.2) is 43.3 Å². The third-order valence-corrected chi connectivity index (χ3v) is 4.95. The van der Waals surface area contributed by atoms with Gasteiger partial charge in [-0.1, -0.05) is 30.3 Å². The number of nitrogens with zero attached hydrogens (tertiary/aromatic N) is 1. The maximum Gasteiger partial charge on any atom is 0.317 e. The van der Waals surface area contributed by atoms with Crippen LogP contribution in [0.4, 0.5) is 4.79 Å². The van der Waals surface area contributed by atoms with Gasteiger partial charge in [0.25, 0.3) is 0 Å². The molecule has 1 aliphatic heterocycles. The molecule has 2 fully saturated rings. The van der Waals surface area contributed by atoms with Gasteiger partial charge >= 0.3 is 6.03 Å². The number of piperidine rings is 1. The van der Waals surface area contributed by atoms with Crippen LogP contribution in [0.15, 0.2) is 30.3 Å². The number of rotatable bonds is 5. The van der Waals surface area contributed by atoms with Gasteiger partial charge in [0.1, 0.15) is 0 Å². The van der Waals surface area contributed by atoms with Gasteiger partial charge in [-0.2, -0.15) is 0 Å². The van der Waals surface area contributed by atoms with E-state index in [0.717, 1.165) is 39.1 Å². The summed E-state index contributed by atoms with van der Waals surface area (Å²) in [4.78, 5) is 14.3. The SMILES string of the molecule is CCOC1CCN(C(=O)NCC2(c3ccccc3)CC2)CC1. The average Bonchev–Trinajstić information content (AvgIpc) is 3.36. The lowest BCUT2D eigenvalue weighted by Crippen LogP contribution is -2.47. The number of nitrogens with one attached hydrogen (secondary N) is 1. The molecule has 0 radical (unpaired) electrons. The van der Waals surface area contributed by atoms with E-state index in [1.54, 1.807) is 0 Å². The topological polar surface area (TPSA) is 41.6 Å². The zero-order valence-electron chi connectivity index (χ0n) is 13.4. The summed E-state index contributed by atoms with van der Waals surface area (Å²) in [7, 11) is 0. The molecule has 1 saturated carbocycles. The molecular weight excluding hydrogens is 276 g/mol. The smallest absolute Gasteiger partial charge is 0.317 e. The van der Waals surface area contributed by atoms with Crippen molar-refractivity contribution < 1.29 is 9.53 Å². The Hall–Kier alpha value is -1.55. The highest BCUT2D eigenvalue weighted by molar-refractivity contribution is 5.74. The average molecular weight is 302 g/mol. The standard InChI is InChI=1S/C18H26N2O2/c1-2-22-16-8-12-20(13-9-16)17(21)19-14-18(10-11-18)15-6-4-3-5-7-15/h3-7,16H,2,8-14H2,1H3,(H,19,21). The Balaban J connectivity index is 1.47. The van der Waals surface area contributed by atoms with Gasteiger partial charge < -0.3 is 15.0 Å². The van der Waals surface area contributed by atoms with Crippen LogP contribution in [0.3, 0.4) is 0 Å². The van der Waals surface area contributed by atoms with Crippen molar-refractivity contribution in [2.75, 3.05) is 26.2 Å². The number of carbonyl (C=O) groups excluding carboxylic acids is 1. The summed E-state index contributed by atoms with van der Waals surface area (Å²) in [5.41, 5.74) is 1.53. The number of hydrogen-bond donors (Lipinski definition) is 1. The number of likely N-dealkylation sites (tertiary alicyclic amines) is 1. The molecule has 0 spiro atoms. The predicted octanol–water partition coefficient (Wildman–Crippen LogP) is 2.93. The molecular formula is C18H26N2O2. The molecule has 1 N–H and O–H groups in total. The molecule has 2 aliphatic rings. The lowest BCUT2D eigenvalue weighted by molar-refractivity contribution is 0.0220. The van der Waals surface area contributed by atoms with Crippen molar-refractivity contribution >= 4 is 6.03 Å². The summed E-state index contributed by atoms with van der Waals surface area (Å²) in [6.07, 6.45) is 4.57. The van der Waals surface area contributed by atoms with E-state index < -0.39 is 0 Å². The van der Waals surface area contributed by atoms with Crippen molar-refractivity contribution in [3.8, 4) is 0 Å². The minimum Gasteiger partial charge on any atom is -0.378 e. The number of ether oxygens (including phenoxy) is 1. The molecule has 4 heteroatoms. The minimum absolute atomic E-state index is 0.0807. The van der Waals surface area contributed by atoms with Crippen LogP contribution < -0.4 is 5.32 Å². The summed E-state index contributed by atoms with van der Waals surface area (Å²) in [5.74, 6) is 0. The first-order valence-electron chi connectivity index (χ1n) is 8.43. The van der Waals surface area contributed by atoms with Gasteiger partial charge in [-0.15, -0.1) is 0 Å².